The fourth-order valence-corrected chi connectivity index (χ4v) is 2.23. The Morgan fingerprint density at radius 2 is 1.72 bits per heavy atom. The van der Waals surface area contributed by atoms with E-state index in [4.69, 9.17) is 0 Å². The summed E-state index contributed by atoms with van der Waals surface area (Å²) in [5, 5.41) is 14.9. The number of nitrogens with zero attached hydrogens (tertiary/aromatic N) is 2. The number of nitrogens with one attached hydrogen (secondary N) is 1. The third-order valence-electron chi connectivity index (χ3n) is 3.81. The van der Waals surface area contributed by atoms with Crippen LogP contribution in [0.1, 0.15) is 49.2 Å². The van der Waals surface area contributed by atoms with Gasteiger partial charge in [0.1, 0.15) is 0 Å². The summed E-state index contributed by atoms with van der Waals surface area (Å²) in [5.41, 5.74) is 5.20. The first-order chi connectivity index (χ1) is 11.7. The number of amides is 1. The first kappa shape index (κ1) is 18.3. The summed E-state index contributed by atoms with van der Waals surface area (Å²) in [5.74, 6) is -0.328. The average molecular weight is 339 g/mol. The minimum Gasteiger partial charge on any atom is -0.267 e. The number of nitro benzene ring substituents is 1. The van der Waals surface area contributed by atoms with Gasteiger partial charge in [-0.05, 0) is 30.0 Å². The maximum absolute atomic E-state index is 12.2. The van der Waals surface area contributed by atoms with Gasteiger partial charge in [-0.1, -0.05) is 45.0 Å². The van der Waals surface area contributed by atoms with E-state index in [1.54, 1.807) is 31.2 Å². The Bertz CT molecular complexity index is 819. The second kappa shape index (κ2) is 7.25. The van der Waals surface area contributed by atoms with Crippen molar-refractivity contribution in [1.29, 1.82) is 0 Å². The summed E-state index contributed by atoms with van der Waals surface area (Å²) in [6, 6.07) is 13.5. The second-order valence-corrected chi connectivity index (χ2v) is 6.77. The highest BCUT2D eigenvalue weighted by Crippen LogP contribution is 2.22. The fraction of sp³-hybridized carbons (Fsp3) is 0.263. The van der Waals surface area contributed by atoms with Crippen molar-refractivity contribution in [2.45, 2.75) is 33.1 Å². The average Bonchev–Trinajstić information content (AvgIpc) is 2.58. The number of rotatable bonds is 4. The van der Waals surface area contributed by atoms with Crippen molar-refractivity contribution in [3.8, 4) is 0 Å². The largest absolute Gasteiger partial charge is 0.271 e. The van der Waals surface area contributed by atoms with Gasteiger partial charge in [0, 0.05) is 23.3 Å². The van der Waals surface area contributed by atoms with Crippen LogP contribution in [0.3, 0.4) is 0 Å². The van der Waals surface area contributed by atoms with Crippen molar-refractivity contribution < 1.29 is 9.72 Å². The second-order valence-electron chi connectivity index (χ2n) is 6.77. The van der Waals surface area contributed by atoms with Crippen LogP contribution >= 0.6 is 0 Å². The number of benzene rings is 2. The lowest BCUT2D eigenvalue weighted by molar-refractivity contribution is -0.384. The van der Waals surface area contributed by atoms with Crippen LogP contribution in [0.2, 0.25) is 0 Å². The Balaban J connectivity index is 2.11. The maximum atomic E-state index is 12.2. The summed E-state index contributed by atoms with van der Waals surface area (Å²) in [6.07, 6.45) is 0. The molecule has 2 rings (SSSR count). The number of carbonyl (C=O) groups is 1. The molecule has 0 aliphatic heterocycles. The molecular weight excluding hydrogens is 318 g/mol. The van der Waals surface area contributed by atoms with Gasteiger partial charge in [0.05, 0.1) is 10.6 Å². The molecule has 0 atom stereocenters. The number of nitro groups is 1. The van der Waals surface area contributed by atoms with Crippen molar-refractivity contribution >= 4 is 17.3 Å². The number of hydrogen-bond donors (Lipinski definition) is 1. The highest BCUT2D eigenvalue weighted by molar-refractivity contribution is 6.01. The van der Waals surface area contributed by atoms with Gasteiger partial charge in [0.25, 0.3) is 11.6 Å². The highest BCUT2D eigenvalue weighted by atomic mass is 16.6. The predicted octanol–water partition coefficient (Wildman–Crippen LogP) is 4.05. The zero-order valence-corrected chi connectivity index (χ0v) is 14.7. The van der Waals surface area contributed by atoms with Crippen molar-refractivity contribution in [3.05, 3.63) is 75.3 Å². The van der Waals surface area contributed by atoms with E-state index < -0.39 is 4.92 Å². The predicted molar refractivity (Wildman–Crippen MR) is 97.9 cm³/mol. The first-order valence-corrected chi connectivity index (χ1v) is 7.88. The normalized spacial score (nSPS) is 11.9. The van der Waals surface area contributed by atoms with Gasteiger partial charge in [-0.2, -0.15) is 5.10 Å². The molecule has 0 spiro atoms. The zero-order valence-electron chi connectivity index (χ0n) is 14.7. The van der Waals surface area contributed by atoms with Crippen LogP contribution in [-0.4, -0.2) is 16.5 Å². The lowest BCUT2D eigenvalue weighted by Gasteiger charge is -2.18. The summed E-state index contributed by atoms with van der Waals surface area (Å²) in [6.45, 7) is 8.00. The molecule has 0 aliphatic carbocycles. The van der Waals surface area contributed by atoms with Gasteiger partial charge in [-0.25, -0.2) is 5.43 Å². The lowest BCUT2D eigenvalue weighted by atomic mass is 9.87. The Morgan fingerprint density at radius 3 is 2.28 bits per heavy atom. The topological polar surface area (TPSA) is 84.6 Å². The smallest absolute Gasteiger partial charge is 0.267 e. The minimum atomic E-state index is -0.466. The fourth-order valence-electron chi connectivity index (χ4n) is 2.23. The summed E-state index contributed by atoms with van der Waals surface area (Å²) >= 11 is 0. The Morgan fingerprint density at radius 1 is 1.08 bits per heavy atom. The van der Waals surface area contributed by atoms with E-state index in [2.05, 4.69) is 31.3 Å². The van der Waals surface area contributed by atoms with Crippen molar-refractivity contribution in [2.24, 2.45) is 5.10 Å². The highest BCUT2D eigenvalue weighted by Gasteiger charge is 2.14. The molecule has 0 radical (unpaired) electrons. The maximum Gasteiger partial charge on any atom is 0.271 e. The van der Waals surface area contributed by atoms with Crippen LogP contribution in [0, 0.1) is 10.1 Å². The summed E-state index contributed by atoms with van der Waals surface area (Å²) in [4.78, 5) is 22.5. The van der Waals surface area contributed by atoms with Gasteiger partial charge in [-0.3, -0.25) is 14.9 Å². The molecule has 0 aromatic heterocycles. The Labute approximate surface area is 146 Å². The van der Waals surface area contributed by atoms with Gasteiger partial charge in [-0.15, -0.1) is 0 Å². The SMILES string of the molecule is CC(=NNC(=O)c1ccc(C(C)(C)C)cc1)c1cccc([N+](=O)[O-])c1. The summed E-state index contributed by atoms with van der Waals surface area (Å²) < 4.78 is 0. The third kappa shape index (κ3) is 4.73. The Hall–Kier alpha value is -3.02. The van der Waals surface area contributed by atoms with E-state index in [9.17, 15) is 14.9 Å². The molecule has 0 aliphatic rings. The quantitative estimate of drug-likeness (QED) is 0.518. The molecule has 0 saturated carbocycles. The molecule has 0 saturated heterocycles. The third-order valence-corrected chi connectivity index (χ3v) is 3.81. The molecule has 0 unspecified atom stereocenters. The molecule has 1 N–H and O–H groups in total. The van der Waals surface area contributed by atoms with Gasteiger partial charge >= 0.3 is 0 Å². The van der Waals surface area contributed by atoms with Gasteiger partial charge < -0.3 is 0 Å². The van der Waals surface area contributed by atoms with Crippen molar-refractivity contribution in [1.82, 2.24) is 5.43 Å². The molecule has 1 amide bonds. The van der Waals surface area contributed by atoms with Crippen molar-refractivity contribution in [2.75, 3.05) is 0 Å². The molecule has 2 aromatic rings. The van der Waals surface area contributed by atoms with Gasteiger partial charge in [0.2, 0.25) is 0 Å². The monoisotopic (exact) mass is 339 g/mol. The number of carbonyl (C=O) groups excluding carboxylic acids is 1. The number of hydrogen-bond acceptors (Lipinski definition) is 4. The molecular formula is C19H21N3O3. The molecule has 0 bridgehead atoms. The first-order valence-electron chi connectivity index (χ1n) is 7.88. The molecule has 25 heavy (non-hydrogen) atoms. The zero-order chi connectivity index (χ0) is 18.6. The molecule has 6 nitrogen and oxygen atoms in total. The van der Waals surface area contributed by atoms with Gasteiger partial charge in [0.15, 0.2) is 0 Å². The van der Waals surface area contributed by atoms with E-state index in [-0.39, 0.29) is 17.0 Å². The number of non-ortho nitro benzene ring substituents is 1. The number of hydrazone groups is 1. The van der Waals surface area contributed by atoms with E-state index in [0.717, 1.165) is 5.56 Å². The van der Waals surface area contributed by atoms with Crippen LogP contribution in [0.5, 0.6) is 0 Å². The van der Waals surface area contributed by atoms with E-state index in [0.29, 0.717) is 16.8 Å². The van der Waals surface area contributed by atoms with Crippen molar-refractivity contribution in [3.63, 3.8) is 0 Å². The van der Waals surface area contributed by atoms with Crippen LogP contribution < -0.4 is 5.43 Å². The molecule has 6 heteroatoms. The van der Waals surface area contributed by atoms with Crippen LogP contribution in [0.4, 0.5) is 5.69 Å². The minimum absolute atomic E-state index is 0.0175. The van der Waals surface area contributed by atoms with E-state index in [1.165, 1.54) is 12.1 Å². The van der Waals surface area contributed by atoms with Crippen LogP contribution in [0.25, 0.3) is 0 Å². The molecule has 130 valence electrons. The van der Waals surface area contributed by atoms with Crippen LogP contribution in [0.15, 0.2) is 53.6 Å². The van der Waals surface area contributed by atoms with E-state index >= 15 is 0 Å². The standard InChI is InChI=1S/C19H21N3O3/c1-13(15-6-5-7-17(12-15)22(24)25)20-21-18(23)14-8-10-16(11-9-14)19(2,3)4/h5-12H,1-4H3,(H,21,23). The molecule has 2 aromatic carbocycles. The summed E-state index contributed by atoms with van der Waals surface area (Å²) in [7, 11) is 0. The van der Waals surface area contributed by atoms with Crippen LogP contribution in [-0.2, 0) is 5.41 Å². The molecule has 0 fully saturated rings. The molecule has 0 heterocycles. The lowest BCUT2D eigenvalue weighted by Crippen LogP contribution is -2.20. The van der Waals surface area contributed by atoms with E-state index in [1.807, 2.05) is 12.1 Å². The Kier molecular flexibility index (Phi) is 5.32.